The average Bonchev–Trinajstić information content (AvgIpc) is 2.54. The number of nitrogens with one attached hydrogen (secondary N) is 1. The van der Waals surface area contributed by atoms with Gasteiger partial charge in [-0.2, -0.15) is 0 Å². The van der Waals surface area contributed by atoms with Gasteiger partial charge in [-0.15, -0.1) is 0 Å². The summed E-state index contributed by atoms with van der Waals surface area (Å²) < 4.78 is 5.54. The fourth-order valence-corrected chi connectivity index (χ4v) is 3.32. The lowest BCUT2D eigenvalue weighted by Gasteiger charge is -2.30. The predicted octanol–water partition coefficient (Wildman–Crippen LogP) is 3.47. The van der Waals surface area contributed by atoms with Gasteiger partial charge in [0.25, 0.3) is 0 Å². The molecule has 1 fully saturated rings. The highest BCUT2D eigenvalue weighted by Crippen LogP contribution is 2.21. The van der Waals surface area contributed by atoms with Crippen LogP contribution in [0.1, 0.15) is 37.9 Å². The van der Waals surface area contributed by atoms with Gasteiger partial charge >= 0.3 is 0 Å². The number of rotatable bonds is 4. The maximum atomic E-state index is 12.9. The van der Waals surface area contributed by atoms with Crippen molar-refractivity contribution in [1.29, 1.82) is 0 Å². The van der Waals surface area contributed by atoms with E-state index < -0.39 is 0 Å². The predicted molar refractivity (Wildman–Crippen MR) is 94.1 cm³/mol. The van der Waals surface area contributed by atoms with Gasteiger partial charge in [-0.1, -0.05) is 6.92 Å². The number of nitrogens with zero attached hydrogens (tertiary/aromatic N) is 1. The van der Waals surface area contributed by atoms with E-state index in [-0.39, 0.29) is 5.43 Å². The van der Waals surface area contributed by atoms with Gasteiger partial charge in [0.2, 0.25) is 0 Å². The zero-order chi connectivity index (χ0) is 16.4. The number of hydrogen-bond donors (Lipinski definition) is 1. The Morgan fingerprint density at radius 3 is 2.74 bits per heavy atom. The quantitative estimate of drug-likeness (QED) is 0.940. The highest BCUT2D eigenvalue weighted by molar-refractivity contribution is 5.81. The molecule has 0 atom stereocenters. The smallest absolute Gasteiger partial charge is 0.194 e. The lowest BCUT2D eigenvalue weighted by atomic mass is 9.98. The van der Waals surface area contributed by atoms with Crippen molar-refractivity contribution >= 4 is 10.9 Å². The molecule has 0 unspecified atom stereocenters. The molecule has 0 radical (unpaired) electrons. The molecule has 1 aromatic heterocycles. The molecule has 3 rings (SSSR count). The van der Waals surface area contributed by atoms with Gasteiger partial charge in [0, 0.05) is 28.7 Å². The van der Waals surface area contributed by atoms with Crippen molar-refractivity contribution in [2.24, 2.45) is 5.92 Å². The van der Waals surface area contributed by atoms with Crippen molar-refractivity contribution in [2.75, 3.05) is 19.7 Å². The van der Waals surface area contributed by atoms with Gasteiger partial charge in [0.05, 0.1) is 6.61 Å². The first-order chi connectivity index (χ1) is 11.1. The van der Waals surface area contributed by atoms with Gasteiger partial charge in [0.1, 0.15) is 5.75 Å². The summed E-state index contributed by atoms with van der Waals surface area (Å²) in [6.45, 7) is 9.76. The molecule has 2 heterocycles. The largest absolute Gasteiger partial charge is 0.494 e. The number of pyridine rings is 1. The van der Waals surface area contributed by atoms with Crippen LogP contribution in [0.3, 0.4) is 0 Å². The van der Waals surface area contributed by atoms with Crippen LogP contribution < -0.4 is 10.2 Å². The molecule has 1 aliphatic rings. The molecule has 4 nitrogen and oxygen atoms in total. The van der Waals surface area contributed by atoms with Gasteiger partial charge in [-0.05, 0) is 63.9 Å². The molecule has 0 amide bonds. The second kappa shape index (κ2) is 6.75. The van der Waals surface area contributed by atoms with Crippen molar-refractivity contribution in [3.05, 3.63) is 39.7 Å². The molecule has 1 aromatic carbocycles. The van der Waals surface area contributed by atoms with Crippen molar-refractivity contribution in [3.63, 3.8) is 0 Å². The summed E-state index contributed by atoms with van der Waals surface area (Å²) >= 11 is 0. The van der Waals surface area contributed by atoms with E-state index in [9.17, 15) is 4.79 Å². The Hall–Kier alpha value is -1.81. The van der Waals surface area contributed by atoms with E-state index in [2.05, 4.69) is 16.8 Å². The molecule has 0 bridgehead atoms. The summed E-state index contributed by atoms with van der Waals surface area (Å²) in [5.74, 6) is 1.56. The van der Waals surface area contributed by atoms with Crippen molar-refractivity contribution in [2.45, 2.75) is 40.2 Å². The summed E-state index contributed by atoms with van der Waals surface area (Å²) in [5, 5.41) is 0.724. The van der Waals surface area contributed by atoms with E-state index in [1.54, 1.807) is 0 Å². The van der Waals surface area contributed by atoms with Crippen LogP contribution in [0.2, 0.25) is 0 Å². The van der Waals surface area contributed by atoms with Gasteiger partial charge < -0.3 is 9.72 Å². The molecule has 1 saturated heterocycles. The van der Waals surface area contributed by atoms with Crippen LogP contribution in [0.5, 0.6) is 5.75 Å². The third-order valence-electron chi connectivity index (χ3n) is 4.85. The summed E-state index contributed by atoms with van der Waals surface area (Å²) in [6, 6.07) is 5.70. The van der Waals surface area contributed by atoms with Crippen molar-refractivity contribution < 1.29 is 4.74 Å². The van der Waals surface area contributed by atoms with E-state index in [0.29, 0.717) is 6.61 Å². The molecular formula is C19H26N2O2. The van der Waals surface area contributed by atoms with E-state index in [1.807, 2.05) is 32.0 Å². The van der Waals surface area contributed by atoms with Gasteiger partial charge in [-0.25, -0.2) is 0 Å². The number of aromatic nitrogens is 1. The molecular weight excluding hydrogens is 288 g/mol. The average molecular weight is 314 g/mol. The van der Waals surface area contributed by atoms with Crippen LogP contribution in [0.4, 0.5) is 0 Å². The maximum absolute atomic E-state index is 12.9. The normalized spacial score (nSPS) is 16.8. The van der Waals surface area contributed by atoms with Gasteiger partial charge in [-0.3, -0.25) is 9.69 Å². The number of likely N-dealkylation sites (tertiary alicyclic amines) is 1. The van der Waals surface area contributed by atoms with E-state index in [0.717, 1.165) is 53.5 Å². The van der Waals surface area contributed by atoms with E-state index in [1.165, 1.54) is 12.8 Å². The summed E-state index contributed by atoms with van der Waals surface area (Å²) in [5.41, 5.74) is 2.88. The van der Waals surface area contributed by atoms with Crippen LogP contribution in [0.25, 0.3) is 10.9 Å². The first-order valence-corrected chi connectivity index (χ1v) is 8.59. The molecule has 0 spiro atoms. The first kappa shape index (κ1) is 16.1. The van der Waals surface area contributed by atoms with Crippen molar-refractivity contribution in [3.8, 4) is 5.75 Å². The third kappa shape index (κ3) is 3.42. The van der Waals surface area contributed by atoms with Crippen LogP contribution in [-0.2, 0) is 6.54 Å². The molecule has 23 heavy (non-hydrogen) atoms. The number of benzene rings is 1. The summed E-state index contributed by atoms with van der Waals surface area (Å²) in [6.07, 6.45) is 2.44. The Morgan fingerprint density at radius 1 is 1.30 bits per heavy atom. The van der Waals surface area contributed by atoms with Crippen molar-refractivity contribution in [1.82, 2.24) is 9.88 Å². The van der Waals surface area contributed by atoms with E-state index >= 15 is 0 Å². The first-order valence-electron chi connectivity index (χ1n) is 8.59. The SMILES string of the molecule is CCOc1ccc2[nH]c(C)c(CN3CCC(C)CC3)c(=O)c2c1. The number of H-pyrrole nitrogens is 1. The summed E-state index contributed by atoms with van der Waals surface area (Å²) in [7, 11) is 0. The standard InChI is InChI=1S/C19H26N2O2/c1-4-23-15-5-6-18-16(11-15)19(22)17(14(3)20-18)12-21-9-7-13(2)8-10-21/h5-6,11,13H,4,7-10,12H2,1-3H3,(H,20,22). The van der Waals surface area contributed by atoms with Crippen LogP contribution >= 0.6 is 0 Å². The Labute approximate surface area is 137 Å². The number of piperidine rings is 1. The molecule has 124 valence electrons. The lowest BCUT2D eigenvalue weighted by Crippen LogP contribution is -2.34. The second-order valence-corrected chi connectivity index (χ2v) is 6.66. The van der Waals surface area contributed by atoms with E-state index in [4.69, 9.17) is 4.74 Å². The number of fused-ring (bicyclic) bond motifs is 1. The maximum Gasteiger partial charge on any atom is 0.194 e. The molecule has 1 N–H and O–H groups in total. The molecule has 4 heteroatoms. The summed E-state index contributed by atoms with van der Waals surface area (Å²) in [4.78, 5) is 18.7. The van der Waals surface area contributed by atoms with Crippen LogP contribution in [0, 0.1) is 12.8 Å². The topological polar surface area (TPSA) is 45.3 Å². The second-order valence-electron chi connectivity index (χ2n) is 6.66. The highest BCUT2D eigenvalue weighted by Gasteiger charge is 2.18. The minimum atomic E-state index is 0.136. The Kier molecular flexibility index (Phi) is 4.71. The third-order valence-corrected chi connectivity index (χ3v) is 4.85. The minimum absolute atomic E-state index is 0.136. The Balaban J connectivity index is 1.94. The monoisotopic (exact) mass is 314 g/mol. The Morgan fingerprint density at radius 2 is 2.04 bits per heavy atom. The minimum Gasteiger partial charge on any atom is -0.494 e. The Bertz CT molecular complexity index is 743. The highest BCUT2D eigenvalue weighted by atomic mass is 16.5. The molecule has 2 aromatic rings. The fourth-order valence-electron chi connectivity index (χ4n) is 3.32. The molecule has 1 aliphatic heterocycles. The number of aromatic amines is 1. The zero-order valence-electron chi connectivity index (χ0n) is 14.3. The zero-order valence-corrected chi connectivity index (χ0v) is 14.3. The number of ether oxygens (including phenoxy) is 1. The van der Waals surface area contributed by atoms with Crippen LogP contribution in [-0.4, -0.2) is 29.6 Å². The number of hydrogen-bond acceptors (Lipinski definition) is 3. The number of aryl methyl sites for hydroxylation is 1. The van der Waals surface area contributed by atoms with Crippen LogP contribution in [0.15, 0.2) is 23.0 Å². The van der Waals surface area contributed by atoms with Gasteiger partial charge in [0.15, 0.2) is 5.43 Å². The molecule has 0 aliphatic carbocycles. The molecule has 0 saturated carbocycles. The fraction of sp³-hybridized carbons (Fsp3) is 0.526. The lowest BCUT2D eigenvalue weighted by molar-refractivity contribution is 0.184.